The zero-order valence-corrected chi connectivity index (χ0v) is 19.5. The molecule has 180 valence electrons. The maximum Gasteiger partial charge on any atom is 0.431 e. The minimum absolute atomic E-state index is 0.00206. The van der Waals surface area contributed by atoms with Crippen LogP contribution < -0.4 is 10.8 Å². The van der Waals surface area contributed by atoms with E-state index in [1.807, 2.05) is 6.07 Å². The van der Waals surface area contributed by atoms with Crippen LogP contribution in [0.1, 0.15) is 56.8 Å². The third-order valence-electron chi connectivity index (χ3n) is 5.71. The Morgan fingerprint density at radius 1 is 1.15 bits per heavy atom. The predicted molar refractivity (Wildman–Crippen MR) is 125 cm³/mol. The van der Waals surface area contributed by atoms with Gasteiger partial charge in [0.05, 0.1) is 11.7 Å². The molecule has 0 saturated heterocycles. The van der Waals surface area contributed by atoms with Crippen LogP contribution >= 0.6 is 0 Å². The number of aromatic nitrogens is 2. The average Bonchev–Trinajstić information content (AvgIpc) is 3.21. The van der Waals surface area contributed by atoms with Crippen LogP contribution in [-0.2, 0) is 9.57 Å². The number of pyridine rings is 1. The molecular weight excluding hydrogens is 439 g/mol. The lowest BCUT2D eigenvalue weighted by atomic mass is 9.93. The van der Waals surface area contributed by atoms with Crippen molar-refractivity contribution >= 4 is 22.9 Å². The fourth-order valence-corrected chi connectivity index (χ4v) is 4.10. The fourth-order valence-electron chi connectivity index (χ4n) is 4.10. The molecular formula is C25H29FN4O4. The van der Waals surface area contributed by atoms with Gasteiger partial charge in [0.2, 0.25) is 5.95 Å². The summed E-state index contributed by atoms with van der Waals surface area (Å²) in [5, 5.41) is 3.81. The van der Waals surface area contributed by atoms with E-state index in [2.05, 4.69) is 20.8 Å². The molecule has 0 unspecified atom stereocenters. The summed E-state index contributed by atoms with van der Waals surface area (Å²) in [7, 11) is 0. The van der Waals surface area contributed by atoms with Gasteiger partial charge in [0.1, 0.15) is 5.60 Å². The van der Waals surface area contributed by atoms with Crippen LogP contribution in [0.2, 0.25) is 0 Å². The number of nitrogens with zero attached hydrogens (tertiary/aromatic N) is 1. The topological polar surface area (TPSA) is 105 Å². The van der Waals surface area contributed by atoms with Crippen LogP contribution in [0.5, 0.6) is 0 Å². The molecule has 34 heavy (non-hydrogen) atoms. The normalized spacial score (nSPS) is 18.5. The number of ether oxygens (including phenoxy) is 1. The number of hydrogen-bond donors (Lipinski definition) is 3. The Morgan fingerprint density at radius 2 is 1.91 bits per heavy atom. The average molecular weight is 469 g/mol. The predicted octanol–water partition coefficient (Wildman–Crippen LogP) is 4.87. The van der Waals surface area contributed by atoms with Gasteiger partial charge >= 0.3 is 6.09 Å². The van der Waals surface area contributed by atoms with E-state index in [1.54, 1.807) is 51.2 Å². The third-order valence-corrected chi connectivity index (χ3v) is 5.71. The molecule has 4 rings (SSSR count). The van der Waals surface area contributed by atoms with Crippen LogP contribution in [-0.4, -0.2) is 39.7 Å². The molecule has 0 atom stereocenters. The first-order chi connectivity index (χ1) is 16.2. The number of nitrogens with one attached hydrogen (secondary N) is 3. The molecule has 1 aromatic carbocycles. The molecule has 1 fully saturated rings. The van der Waals surface area contributed by atoms with Gasteiger partial charge in [-0.1, -0.05) is 6.07 Å². The number of rotatable bonds is 5. The first kappa shape index (κ1) is 23.7. The smallest absolute Gasteiger partial charge is 0.431 e. The van der Waals surface area contributed by atoms with E-state index in [0.29, 0.717) is 29.5 Å². The summed E-state index contributed by atoms with van der Waals surface area (Å²) in [6, 6.07) is 8.76. The molecule has 0 aliphatic heterocycles. The van der Waals surface area contributed by atoms with Crippen LogP contribution in [0.4, 0.5) is 9.18 Å². The number of aromatic amines is 1. The summed E-state index contributed by atoms with van der Waals surface area (Å²) < 4.78 is 19.3. The quantitative estimate of drug-likeness (QED) is 0.366. The molecule has 2 amide bonds. The van der Waals surface area contributed by atoms with E-state index in [-0.39, 0.29) is 18.1 Å². The van der Waals surface area contributed by atoms with Crippen molar-refractivity contribution in [3.63, 3.8) is 0 Å². The molecule has 3 aromatic rings. The molecule has 2 aromatic heterocycles. The Labute approximate surface area is 197 Å². The van der Waals surface area contributed by atoms with Crippen molar-refractivity contribution < 1.29 is 23.6 Å². The van der Waals surface area contributed by atoms with Crippen LogP contribution in [0.15, 0.2) is 42.7 Å². The fraction of sp³-hybridized carbons (Fsp3) is 0.400. The van der Waals surface area contributed by atoms with Crippen LogP contribution in [0.25, 0.3) is 22.0 Å². The third kappa shape index (κ3) is 5.72. The SMILES string of the molecule is CC(C)(C)OC(=O)NOC1CCC(NC(=O)c2c[nH]c3ccc(-c4cccnc4F)cc23)CC1. The molecule has 1 aliphatic rings. The second kappa shape index (κ2) is 9.80. The highest BCUT2D eigenvalue weighted by atomic mass is 19.1. The second-order valence-electron chi connectivity index (χ2n) is 9.47. The van der Waals surface area contributed by atoms with Crippen molar-refractivity contribution in [3.05, 3.63) is 54.2 Å². The van der Waals surface area contributed by atoms with Gasteiger partial charge in [-0.3, -0.25) is 9.63 Å². The molecule has 8 nitrogen and oxygen atoms in total. The van der Waals surface area contributed by atoms with E-state index in [4.69, 9.17) is 9.57 Å². The minimum atomic E-state index is -0.618. The number of hydrogen-bond acceptors (Lipinski definition) is 5. The number of amides is 2. The molecule has 2 heterocycles. The van der Waals surface area contributed by atoms with Gasteiger partial charge in [0.25, 0.3) is 5.91 Å². The van der Waals surface area contributed by atoms with E-state index in [1.165, 1.54) is 6.20 Å². The highest BCUT2D eigenvalue weighted by Gasteiger charge is 2.26. The van der Waals surface area contributed by atoms with Gasteiger partial charge in [-0.05, 0) is 76.3 Å². The molecule has 0 spiro atoms. The summed E-state index contributed by atoms with van der Waals surface area (Å²) in [4.78, 5) is 37.0. The van der Waals surface area contributed by atoms with E-state index < -0.39 is 17.6 Å². The van der Waals surface area contributed by atoms with E-state index in [0.717, 1.165) is 23.7 Å². The molecule has 3 N–H and O–H groups in total. The summed E-state index contributed by atoms with van der Waals surface area (Å²) in [6.45, 7) is 5.35. The second-order valence-corrected chi connectivity index (χ2v) is 9.47. The van der Waals surface area contributed by atoms with E-state index >= 15 is 0 Å². The summed E-state index contributed by atoms with van der Waals surface area (Å²) in [5.41, 5.74) is 4.09. The Morgan fingerprint density at radius 3 is 2.62 bits per heavy atom. The monoisotopic (exact) mass is 468 g/mol. The first-order valence-corrected chi connectivity index (χ1v) is 11.4. The Bertz CT molecular complexity index is 1180. The number of benzene rings is 1. The van der Waals surface area contributed by atoms with Crippen LogP contribution in [0.3, 0.4) is 0 Å². The molecule has 0 bridgehead atoms. The number of carbonyl (C=O) groups is 2. The lowest BCUT2D eigenvalue weighted by Crippen LogP contribution is -2.41. The number of H-pyrrole nitrogens is 1. The number of halogens is 1. The molecule has 0 radical (unpaired) electrons. The summed E-state index contributed by atoms with van der Waals surface area (Å²) in [6.07, 6.45) is 5.15. The first-order valence-electron chi connectivity index (χ1n) is 11.4. The Kier molecular flexibility index (Phi) is 6.83. The van der Waals surface area contributed by atoms with Crippen molar-refractivity contribution in [2.45, 2.75) is 64.2 Å². The number of hydroxylamine groups is 1. The zero-order valence-electron chi connectivity index (χ0n) is 19.5. The highest BCUT2D eigenvalue weighted by molar-refractivity contribution is 6.07. The lowest BCUT2D eigenvalue weighted by Gasteiger charge is -2.29. The van der Waals surface area contributed by atoms with Gasteiger partial charge < -0.3 is 15.0 Å². The van der Waals surface area contributed by atoms with Gasteiger partial charge in [0, 0.05) is 34.9 Å². The minimum Gasteiger partial charge on any atom is -0.442 e. The van der Waals surface area contributed by atoms with Crippen molar-refractivity contribution in [3.8, 4) is 11.1 Å². The largest absolute Gasteiger partial charge is 0.442 e. The van der Waals surface area contributed by atoms with Gasteiger partial charge in [-0.2, -0.15) is 9.87 Å². The van der Waals surface area contributed by atoms with Crippen molar-refractivity contribution in [1.82, 2.24) is 20.8 Å². The van der Waals surface area contributed by atoms with Gasteiger partial charge in [0.15, 0.2) is 0 Å². The zero-order chi connectivity index (χ0) is 24.3. The van der Waals surface area contributed by atoms with Crippen LogP contribution in [0, 0.1) is 5.95 Å². The Hall–Kier alpha value is -3.46. The van der Waals surface area contributed by atoms with Crippen molar-refractivity contribution in [1.29, 1.82) is 0 Å². The summed E-state index contributed by atoms with van der Waals surface area (Å²) >= 11 is 0. The van der Waals surface area contributed by atoms with Gasteiger partial charge in [-0.25, -0.2) is 9.78 Å². The standard InChI is InChI=1S/C25H29FN4O4/c1-25(2,3)33-24(32)30-34-17-9-7-16(8-10-17)29-23(31)20-14-28-21-11-6-15(13-19(20)21)18-5-4-12-27-22(18)26/h4-6,11-14,16-17,28H,7-10H2,1-3H3,(H,29,31)(H,30,32). The van der Waals surface area contributed by atoms with Crippen molar-refractivity contribution in [2.24, 2.45) is 0 Å². The Balaban J connectivity index is 1.35. The number of fused-ring (bicyclic) bond motifs is 1. The lowest BCUT2D eigenvalue weighted by molar-refractivity contribution is -0.0555. The van der Waals surface area contributed by atoms with Crippen molar-refractivity contribution in [2.75, 3.05) is 0 Å². The maximum absolute atomic E-state index is 14.1. The summed E-state index contributed by atoms with van der Waals surface area (Å²) in [5.74, 6) is -0.741. The maximum atomic E-state index is 14.1. The molecule has 1 saturated carbocycles. The highest BCUT2D eigenvalue weighted by Crippen LogP contribution is 2.28. The number of carbonyl (C=O) groups excluding carboxylic acids is 2. The van der Waals surface area contributed by atoms with E-state index in [9.17, 15) is 14.0 Å². The van der Waals surface area contributed by atoms with Gasteiger partial charge in [-0.15, -0.1) is 0 Å². The molecule has 9 heteroatoms. The molecule has 1 aliphatic carbocycles.